The summed E-state index contributed by atoms with van der Waals surface area (Å²) in [5.41, 5.74) is 2.39. The van der Waals surface area contributed by atoms with Crippen molar-refractivity contribution in [3.05, 3.63) is 53.2 Å². The summed E-state index contributed by atoms with van der Waals surface area (Å²) in [7, 11) is 0. The highest BCUT2D eigenvalue weighted by atomic mass is 32.1. The van der Waals surface area contributed by atoms with Crippen LogP contribution in [0.3, 0.4) is 0 Å². The van der Waals surface area contributed by atoms with Gasteiger partial charge in [0.15, 0.2) is 5.82 Å². The van der Waals surface area contributed by atoms with E-state index in [1.165, 1.54) is 36.8 Å². The summed E-state index contributed by atoms with van der Waals surface area (Å²) in [5.74, 6) is 4.51. The number of benzene rings is 1. The Bertz CT molecular complexity index is 1210. The fraction of sp³-hybridized carbons (Fsp3) is 0.391. The summed E-state index contributed by atoms with van der Waals surface area (Å²) in [4.78, 5) is 11.0. The molecule has 0 spiro atoms. The van der Waals surface area contributed by atoms with Crippen LogP contribution in [0.15, 0.2) is 35.7 Å². The van der Waals surface area contributed by atoms with Crippen LogP contribution in [-0.4, -0.2) is 24.7 Å². The van der Waals surface area contributed by atoms with E-state index in [1.54, 1.807) is 11.3 Å². The molecule has 0 radical (unpaired) electrons. The lowest BCUT2D eigenvalue weighted by Crippen LogP contribution is -2.18. The smallest absolute Gasteiger partial charge is 0.155 e. The van der Waals surface area contributed by atoms with Gasteiger partial charge in [-0.2, -0.15) is 0 Å². The first-order valence-electron chi connectivity index (χ1n) is 10.8. The number of fused-ring (bicyclic) bond motifs is 2. The van der Waals surface area contributed by atoms with E-state index in [9.17, 15) is 0 Å². The maximum atomic E-state index is 5.01. The van der Waals surface area contributed by atoms with Crippen molar-refractivity contribution in [2.45, 2.75) is 57.5 Å². The largest absolute Gasteiger partial charge is 0.360 e. The Labute approximate surface area is 179 Å². The molecule has 0 bridgehead atoms. The third-order valence-electron chi connectivity index (χ3n) is 6.11. The first-order chi connectivity index (χ1) is 14.8. The Kier molecular flexibility index (Phi) is 4.30. The zero-order valence-electron chi connectivity index (χ0n) is 17.0. The van der Waals surface area contributed by atoms with Gasteiger partial charge in [-0.15, -0.1) is 21.5 Å². The van der Waals surface area contributed by atoms with Crippen molar-refractivity contribution in [2.75, 3.05) is 5.32 Å². The van der Waals surface area contributed by atoms with E-state index in [2.05, 4.69) is 62.7 Å². The Balaban J connectivity index is 1.44. The highest BCUT2D eigenvalue weighted by Crippen LogP contribution is 2.43. The van der Waals surface area contributed by atoms with Crippen molar-refractivity contribution in [3.63, 3.8) is 0 Å². The number of aromatic nitrogens is 5. The number of aryl methyl sites for hydroxylation is 1. The summed E-state index contributed by atoms with van der Waals surface area (Å²) < 4.78 is 2.28. The monoisotopic (exact) mass is 416 g/mol. The van der Waals surface area contributed by atoms with Crippen molar-refractivity contribution in [2.24, 2.45) is 0 Å². The van der Waals surface area contributed by atoms with Crippen LogP contribution in [0, 0.1) is 0 Å². The molecule has 1 unspecified atom stereocenters. The van der Waals surface area contributed by atoms with Crippen LogP contribution in [0.4, 0.5) is 5.82 Å². The number of rotatable bonds is 5. The summed E-state index contributed by atoms with van der Waals surface area (Å²) in [6, 6.07) is 10.5. The predicted octanol–water partition coefficient (Wildman–Crippen LogP) is 5.34. The zero-order chi connectivity index (χ0) is 20.1. The normalized spacial score (nSPS) is 17.1. The van der Waals surface area contributed by atoms with Gasteiger partial charge in [0.2, 0.25) is 0 Å². The van der Waals surface area contributed by atoms with Crippen LogP contribution in [0.25, 0.3) is 21.3 Å². The zero-order valence-corrected chi connectivity index (χ0v) is 17.8. The van der Waals surface area contributed by atoms with Gasteiger partial charge in [0.1, 0.15) is 22.3 Å². The van der Waals surface area contributed by atoms with Gasteiger partial charge in [-0.25, -0.2) is 9.97 Å². The lowest BCUT2D eigenvalue weighted by atomic mass is 10.1. The van der Waals surface area contributed by atoms with Crippen LogP contribution in [-0.2, 0) is 13.0 Å². The second kappa shape index (κ2) is 7.16. The first-order valence-corrected chi connectivity index (χ1v) is 11.7. The standard InChI is InChI=1S/C23H24N6S/c1-14(22-28-27-18-9-5-6-12-29(18)22)24-21-19-17(15-7-3-2-4-8-15)13-30-23(19)26-20(25-21)16-10-11-16/h2-4,7-8,13-14,16H,5-6,9-12H2,1H3,(H,24,25,26). The van der Waals surface area contributed by atoms with Crippen LogP contribution in [0.5, 0.6) is 0 Å². The molecule has 0 saturated heterocycles. The van der Waals surface area contributed by atoms with E-state index >= 15 is 0 Å². The molecule has 1 fully saturated rings. The molecule has 1 aromatic carbocycles. The lowest BCUT2D eigenvalue weighted by Gasteiger charge is -2.20. The van der Waals surface area contributed by atoms with Gasteiger partial charge in [0.05, 0.1) is 11.4 Å². The molecular formula is C23H24N6S. The molecule has 3 aromatic heterocycles. The van der Waals surface area contributed by atoms with Gasteiger partial charge < -0.3 is 9.88 Å². The summed E-state index contributed by atoms with van der Waals surface area (Å²) >= 11 is 1.71. The van der Waals surface area contributed by atoms with Gasteiger partial charge in [-0.1, -0.05) is 30.3 Å². The van der Waals surface area contributed by atoms with E-state index in [0.717, 1.165) is 46.5 Å². The number of hydrogen-bond donors (Lipinski definition) is 1. The molecule has 1 N–H and O–H groups in total. The average molecular weight is 417 g/mol. The molecule has 2 aliphatic rings. The van der Waals surface area contributed by atoms with Crippen molar-refractivity contribution < 1.29 is 0 Å². The Morgan fingerprint density at radius 1 is 1.10 bits per heavy atom. The summed E-state index contributed by atoms with van der Waals surface area (Å²) in [6.45, 7) is 3.16. The van der Waals surface area contributed by atoms with Gasteiger partial charge >= 0.3 is 0 Å². The first kappa shape index (κ1) is 18.0. The molecule has 4 heterocycles. The molecule has 1 saturated carbocycles. The van der Waals surface area contributed by atoms with Crippen LogP contribution in [0.1, 0.15) is 62.0 Å². The maximum Gasteiger partial charge on any atom is 0.155 e. The molecule has 152 valence electrons. The fourth-order valence-corrected chi connectivity index (χ4v) is 5.29. The van der Waals surface area contributed by atoms with E-state index < -0.39 is 0 Å². The Morgan fingerprint density at radius 3 is 2.80 bits per heavy atom. The van der Waals surface area contributed by atoms with E-state index in [-0.39, 0.29) is 6.04 Å². The van der Waals surface area contributed by atoms with Crippen LogP contribution in [0.2, 0.25) is 0 Å². The number of hydrogen-bond acceptors (Lipinski definition) is 6. The molecule has 6 rings (SSSR count). The number of thiophene rings is 1. The van der Waals surface area contributed by atoms with E-state index in [4.69, 9.17) is 9.97 Å². The molecular weight excluding hydrogens is 392 g/mol. The third-order valence-corrected chi connectivity index (χ3v) is 6.98. The molecule has 6 nitrogen and oxygen atoms in total. The SMILES string of the molecule is CC(Nc1nc(C2CC2)nc2scc(-c3ccccc3)c12)c1nnc2n1CCCC2. The van der Waals surface area contributed by atoms with E-state index in [1.807, 2.05) is 0 Å². The Hall–Kier alpha value is -2.80. The minimum Gasteiger partial charge on any atom is -0.360 e. The van der Waals surface area contributed by atoms with Crippen molar-refractivity contribution in [3.8, 4) is 11.1 Å². The molecule has 0 amide bonds. The number of nitrogens with one attached hydrogen (secondary N) is 1. The van der Waals surface area contributed by atoms with Crippen LogP contribution >= 0.6 is 11.3 Å². The van der Waals surface area contributed by atoms with Gasteiger partial charge in [-0.3, -0.25) is 0 Å². The fourth-order valence-electron chi connectivity index (χ4n) is 4.34. The van der Waals surface area contributed by atoms with Gasteiger partial charge in [0.25, 0.3) is 0 Å². The minimum absolute atomic E-state index is 0.0260. The van der Waals surface area contributed by atoms with Crippen molar-refractivity contribution in [1.29, 1.82) is 0 Å². The highest BCUT2D eigenvalue weighted by molar-refractivity contribution is 7.17. The average Bonchev–Trinajstić information content (AvgIpc) is 3.40. The predicted molar refractivity (Wildman–Crippen MR) is 120 cm³/mol. The molecule has 4 aromatic rings. The molecule has 1 aliphatic carbocycles. The molecule has 30 heavy (non-hydrogen) atoms. The molecule has 1 aliphatic heterocycles. The van der Waals surface area contributed by atoms with Gasteiger partial charge in [-0.05, 0) is 38.2 Å². The van der Waals surface area contributed by atoms with Crippen LogP contribution < -0.4 is 5.32 Å². The third kappa shape index (κ3) is 3.08. The topological polar surface area (TPSA) is 68.5 Å². The number of nitrogens with zero attached hydrogens (tertiary/aromatic N) is 5. The molecule has 7 heteroatoms. The summed E-state index contributed by atoms with van der Waals surface area (Å²) in [5, 5.41) is 16.0. The summed E-state index contributed by atoms with van der Waals surface area (Å²) in [6.07, 6.45) is 5.79. The van der Waals surface area contributed by atoms with Crippen molar-refractivity contribution >= 4 is 27.4 Å². The lowest BCUT2D eigenvalue weighted by molar-refractivity contribution is 0.500. The Morgan fingerprint density at radius 2 is 1.97 bits per heavy atom. The maximum absolute atomic E-state index is 5.01. The van der Waals surface area contributed by atoms with Gasteiger partial charge in [0, 0.05) is 29.8 Å². The quantitative estimate of drug-likeness (QED) is 0.476. The minimum atomic E-state index is 0.0260. The van der Waals surface area contributed by atoms with Crippen molar-refractivity contribution in [1.82, 2.24) is 24.7 Å². The van der Waals surface area contributed by atoms with E-state index in [0.29, 0.717) is 5.92 Å². The highest BCUT2D eigenvalue weighted by Gasteiger charge is 2.29. The number of anilines is 1. The second-order valence-electron chi connectivity index (χ2n) is 8.35. The second-order valence-corrected chi connectivity index (χ2v) is 9.21. The molecule has 1 atom stereocenters.